The van der Waals surface area contributed by atoms with Gasteiger partial charge in [0, 0.05) is 12.6 Å². The quantitative estimate of drug-likeness (QED) is 0.485. The van der Waals surface area contributed by atoms with Gasteiger partial charge in [0.05, 0.1) is 23.5 Å². The van der Waals surface area contributed by atoms with E-state index in [0.717, 1.165) is 36.2 Å². The predicted molar refractivity (Wildman–Crippen MR) is 122 cm³/mol. The van der Waals surface area contributed by atoms with E-state index in [1.807, 2.05) is 49.1 Å². The summed E-state index contributed by atoms with van der Waals surface area (Å²) in [7, 11) is 0. The number of ether oxygens (including phenoxy) is 1. The van der Waals surface area contributed by atoms with Crippen LogP contribution in [0.4, 0.5) is 9.18 Å². The summed E-state index contributed by atoms with van der Waals surface area (Å²) in [6.07, 6.45) is 3.59. The number of amides is 2. The molecule has 4 rings (SSSR count). The second-order valence-corrected chi connectivity index (χ2v) is 7.98. The third-order valence-corrected chi connectivity index (χ3v) is 5.49. The van der Waals surface area contributed by atoms with E-state index < -0.39 is 0 Å². The number of halogens is 1. The van der Waals surface area contributed by atoms with Gasteiger partial charge in [0.2, 0.25) is 5.88 Å². The second-order valence-electron chi connectivity index (χ2n) is 7.98. The fourth-order valence-electron chi connectivity index (χ4n) is 3.64. The predicted octanol–water partition coefficient (Wildman–Crippen LogP) is 5.45. The zero-order valence-electron chi connectivity index (χ0n) is 18.6. The molecule has 1 aliphatic carbocycles. The molecule has 2 aromatic carbocycles. The smallest absolute Gasteiger partial charge is 0.317 e. The van der Waals surface area contributed by atoms with E-state index >= 15 is 0 Å². The Morgan fingerprint density at radius 3 is 2.50 bits per heavy atom. The molecule has 32 heavy (non-hydrogen) atoms. The molecule has 0 saturated heterocycles. The number of carbonyl (C=O) groups is 1. The highest BCUT2D eigenvalue weighted by molar-refractivity contribution is 5.75. The first-order valence-electron chi connectivity index (χ1n) is 11.2. The largest absolute Gasteiger partial charge is 0.439 e. The first-order valence-corrected chi connectivity index (χ1v) is 11.2. The number of aryl methyl sites for hydroxylation is 1. The minimum atomic E-state index is -0.323. The van der Waals surface area contributed by atoms with Crippen LogP contribution < -0.4 is 10.1 Å². The van der Waals surface area contributed by atoms with Gasteiger partial charge in [0.15, 0.2) is 0 Å². The van der Waals surface area contributed by atoms with Gasteiger partial charge in [0.25, 0.3) is 0 Å². The van der Waals surface area contributed by atoms with E-state index in [4.69, 9.17) is 9.84 Å². The number of para-hydroxylation sites is 1. The molecule has 1 saturated carbocycles. The van der Waals surface area contributed by atoms with Crippen molar-refractivity contribution in [1.82, 2.24) is 20.0 Å². The Labute approximate surface area is 188 Å². The van der Waals surface area contributed by atoms with Gasteiger partial charge in [-0.1, -0.05) is 32.0 Å². The molecular formula is C25H29FN4O2. The molecule has 1 fully saturated rings. The van der Waals surface area contributed by atoms with Gasteiger partial charge in [-0.15, -0.1) is 0 Å². The highest BCUT2D eigenvalue weighted by atomic mass is 19.1. The lowest BCUT2D eigenvalue weighted by Gasteiger charge is -2.23. The zero-order valence-corrected chi connectivity index (χ0v) is 18.6. The van der Waals surface area contributed by atoms with Crippen LogP contribution >= 0.6 is 0 Å². The summed E-state index contributed by atoms with van der Waals surface area (Å²) in [5.74, 6) is 0.741. The second kappa shape index (κ2) is 9.85. The Bertz CT molecular complexity index is 1050. The first-order chi connectivity index (χ1) is 15.6. The molecule has 0 unspecified atom stereocenters. The minimum absolute atomic E-state index is 0.0587. The summed E-state index contributed by atoms with van der Waals surface area (Å²) in [5.41, 5.74) is 2.61. The molecule has 1 aliphatic rings. The lowest BCUT2D eigenvalue weighted by molar-refractivity contribution is 0.191. The summed E-state index contributed by atoms with van der Waals surface area (Å²) in [6.45, 7) is 5.13. The van der Waals surface area contributed by atoms with E-state index in [1.165, 1.54) is 12.1 Å². The van der Waals surface area contributed by atoms with Gasteiger partial charge in [-0.3, -0.25) is 0 Å². The Morgan fingerprint density at radius 1 is 1.16 bits per heavy atom. The number of urea groups is 1. The molecule has 168 valence electrons. The van der Waals surface area contributed by atoms with Gasteiger partial charge in [-0.2, -0.15) is 5.10 Å². The number of benzene rings is 2. The summed E-state index contributed by atoms with van der Waals surface area (Å²) in [6, 6.07) is 15.9. The van der Waals surface area contributed by atoms with E-state index in [1.54, 1.807) is 16.8 Å². The molecule has 1 heterocycles. The van der Waals surface area contributed by atoms with Crippen molar-refractivity contribution < 1.29 is 13.9 Å². The topological polar surface area (TPSA) is 59.4 Å². The summed E-state index contributed by atoms with van der Waals surface area (Å²) in [5, 5.41) is 7.83. The van der Waals surface area contributed by atoms with Gasteiger partial charge >= 0.3 is 6.03 Å². The van der Waals surface area contributed by atoms with Crippen LogP contribution in [0.1, 0.15) is 44.4 Å². The van der Waals surface area contributed by atoms with Crippen LogP contribution in [0.5, 0.6) is 11.6 Å². The maximum absolute atomic E-state index is 13.4. The Kier molecular flexibility index (Phi) is 6.73. The molecule has 1 aromatic heterocycles. The van der Waals surface area contributed by atoms with Crippen molar-refractivity contribution in [2.24, 2.45) is 0 Å². The van der Waals surface area contributed by atoms with Crippen molar-refractivity contribution >= 4 is 6.03 Å². The van der Waals surface area contributed by atoms with E-state index in [-0.39, 0.29) is 17.9 Å². The van der Waals surface area contributed by atoms with Crippen molar-refractivity contribution in [2.45, 2.75) is 52.1 Å². The van der Waals surface area contributed by atoms with Crippen molar-refractivity contribution in [1.29, 1.82) is 0 Å². The van der Waals surface area contributed by atoms with Crippen LogP contribution in [-0.4, -0.2) is 33.3 Å². The van der Waals surface area contributed by atoms with Crippen molar-refractivity contribution in [2.75, 3.05) is 6.54 Å². The number of rotatable bonds is 9. The normalized spacial score (nSPS) is 13.1. The molecule has 0 bridgehead atoms. The highest BCUT2D eigenvalue weighted by Gasteiger charge is 2.34. The fourth-order valence-corrected chi connectivity index (χ4v) is 3.64. The van der Waals surface area contributed by atoms with E-state index in [0.29, 0.717) is 31.1 Å². The molecule has 2 amide bonds. The molecule has 7 heteroatoms. The zero-order chi connectivity index (χ0) is 22.5. The summed E-state index contributed by atoms with van der Waals surface area (Å²) < 4.78 is 21.5. The van der Waals surface area contributed by atoms with E-state index in [2.05, 4.69) is 5.32 Å². The Morgan fingerprint density at radius 2 is 1.88 bits per heavy atom. The SMILES string of the molecule is CCCNC(=O)N(Cc1c(CC)nn(-c2ccccc2)c1Oc1ccc(F)cc1)C1CC1. The lowest BCUT2D eigenvalue weighted by Crippen LogP contribution is -2.41. The molecule has 6 nitrogen and oxygen atoms in total. The minimum Gasteiger partial charge on any atom is -0.439 e. The first kappa shape index (κ1) is 21.9. The van der Waals surface area contributed by atoms with Gasteiger partial charge in [-0.05, 0) is 62.1 Å². The molecular weight excluding hydrogens is 407 g/mol. The van der Waals surface area contributed by atoms with Crippen LogP contribution in [0, 0.1) is 5.82 Å². The number of hydrogen-bond donors (Lipinski definition) is 1. The summed E-state index contributed by atoms with van der Waals surface area (Å²) >= 11 is 0. The molecule has 0 radical (unpaired) electrons. The maximum atomic E-state index is 13.4. The van der Waals surface area contributed by atoms with Crippen molar-refractivity contribution in [3.8, 4) is 17.3 Å². The van der Waals surface area contributed by atoms with Crippen LogP contribution in [0.25, 0.3) is 5.69 Å². The fraction of sp³-hybridized carbons (Fsp3) is 0.360. The average Bonchev–Trinajstić information content (AvgIpc) is 3.60. The van der Waals surface area contributed by atoms with Crippen molar-refractivity contribution in [3.63, 3.8) is 0 Å². The molecule has 1 N–H and O–H groups in total. The third-order valence-electron chi connectivity index (χ3n) is 5.49. The molecule has 3 aromatic rings. The number of nitrogens with zero attached hydrogens (tertiary/aromatic N) is 3. The number of aromatic nitrogens is 2. The van der Waals surface area contributed by atoms with Crippen LogP contribution in [0.2, 0.25) is 0 Å². The lowest BCUT2D eigenvalue weighted by atomic mass is 10.2. The average molecular weight is 437 g/mol. The number of hydrogen-bond acceptors (Lipinski definition) is 3. The van der Waals surface area contributed by atoms with E-state index in [9.17, 15) is 9.18 Å². The Hall–Kier alpha value is -3.35. The van der Waals surface area contributed by atoms with Crippen LogP contribution in [-0.2, 0) is 13.0 Å². The Balaban J connectivity index is 1.74. The van der Waals surface area contributed by atoms with Gasteiger partial charge in [-0.25, -0.2) is 13.9 Å². The monoisotopic (exact) mass is 436 g/mol. The van der Waals surface area contributed by atoms with Crippen molar-refractivity contribution in [3.05, 3.63) is 71.7 Å². The highest BCUT2D eigenvalue weighted by Crippen LogP contribution is 2.35. The van der Waals surface area contributed by atoms with Gasteiger partial charge in [0.1, 0.15) is 11.6 Å². The maximum Gasteiger partial charge on any atom is 0.317 e. The standard InChI is InChI=1S/C25H29FN4O2/c1-3-16-27-25(31)29(19-12-13-19)17-22-23(4-2)28-30(20-8-6-5-7-9-20)24(22)32-21-14-10-18(26)11-15-21/h5-11,14-15,19H,3-4,12-13,16-17H2,1-2H3,(H,27,31). The van der Waals surface area contributed by atoms with Crippen LogP contribution in [0.3, 0.4) is 0 Å². The van der Waals surface area contributed by atoms with Gasteiger partial charge < -0.3 is 15.0 Å². The molecule has 0 spiro atoms. The molecule has 0 aliphatic heterocycles. The third kappa shape index (κ3) is 4.93. The molecule has 0 atom stereocenters. The number of nitrogens with one attached hydrogen (secondary N) is 1. The van der Waals surface area contributed by atoms with Crippen LogP contribution in [0.15, 0.2) is 54.6 Å². The summed E-state index contributed by atoms with van der Waals surface area (Å²) in [4.78, 5) is 14.8. The number of carbonyl (C=O) groups excluding carboxylic acids is 1.